The summed E-state index contributed by atoms with van der Waals surface area (Å²) < 4.78 is 31.8. The van der Waals surface area contributed by atoms with Gasteiger partial charge >= 0.3 is 5.97 Å². The van der Waals surface area contributed by atoms with Crippen molar-refractivity contribution in [1.82, 2.24) is 10.2 Å². The highest BCUT2D eigenvalue weighted by molar-refractivity contribution is 6.25. The molecule has 1 fully saturated rings. The second-order valence-electron chi connectivity index (χ2n) is 9.04. The maximum atomic E-state index is 13.1. The fraction of sp³-hybridized carbons (Fsp3) is 0.536. The molecule has 1 saturated heterocycles. The van der Waals surface area contributed by atoms with E-state index in [9.17, 15) is 24.0 Å². The fourth-order valence-corrected chi connectivity index (χ4v) is 4.16. The third kappa shape index (κ3) is 9.99. The predicted molar refractivity (Wildman–Crippen MR) is 147 cm³/mol. The molecule has 0 saturated carbocycles. The van der Waals surface area contributed by atoms with Crippen LogP contribution in [-0.4, -0.2) is 120 Å². The Morgan fingerprint density at radius 1 is 0.857 bits per heavy atom. The first-order chi connectivity index (χ1) is 20.4. The quantitative estimate of drug-likeness (QED) is 0.0870. The van der Waals surface area contributed by atoms with Gasteiger partial charge in [-0.3, -0.25) is 29.4 Å². The zero-order valence-electron chi connectivity index (χ0n) is 23.4. The number of fused-ring (bicyclic) bond motifs is 1. The van der Waals surface area contributed by atoms with Crippen LogP contribution in [0.4, 0.5) is 5.69 Å². The minimum absolute atomic E-state index is 0.0649. The van der Waals surface area contributed by atoms with E-state index in [0.717, 1.165) is 11.0 Å². The van der Waals surface area contributed by atoms with Crippen LogP contribution in [0, 0.1) is 0 Å². The first-order valence-corrected chi connectivity index (χ1v) is 13.7. The van der Waals surface area contributed by atoms with Crippen LogP contribution in [0.5, 0.6) is 0 Å². The van der Waals surface area contributed by atoms with Gasteiger partial charge in [0.25, 0.3) is 11.8 Å². The molecule has 2 heterocycles. The molecule has 1 aromatic rings. The second-order valence-corrected chi connectivity index (χ2v) is 9.04. The number of amides is 4. The summed E-state index contributed by atoms with van der Waals surface area (Å²) in [6.45, 7) is 7.69. The molecule has 42 heavy (non-hydrogen) atoms. The number of hydrogen-bond acceptors (Lipinski definition) is 12. The van der Waals surface area contributed by atoms with Crippen molar-refractivity contribution in [2.24, 2.45) is 0 Å². The van der Waals surface area contributed by atoms with Gasteiger partial charge in [0.1, 0.15) is 12.6 Å². The van der Waals surface area contributed by atoms with Crippen molar-refractivity contribution in [1.29, 1.82) is 0 Å². The molecule has 2 aliphatic heterocycles. The van der Waals surface area contributed by atoms with E-state index in [1.165, 1.54) is 0 Å². The lowest BCUT2D eigenvalue weighted by molar-refractivity contribution is -0.139. The summed E-state index contributed by atoms with van der Waals surface area (Å²) in [4.78, 5) is 61.5. The number of piperidine rings is 1. The third-order valence-corrected chi connectivity index (χ3v) is 6.16. The van der Waals surface area contributed by atoms with Gasteiger partial charge in [-0.05, 0) is 18.6 Å². The SMILES string of the molecule is C=CC(=O)OCCOCCOCCOCCOCCOCCNc1cccc2c1C(=O)N(C1CCC(=O)NC1=O)C2=O. The number of carbonyl (C=O) groups is 5. The van der Waals surface area contributed by atoms with Crippen molar-refractivity contribution in [3.05, 3.63) is 42.0 Å². The van der Waals surface area contributed by atoms with Crippen LogP contribution in [-0.2, 0) is 42.8 Å². The Bertz CT molecular complexity index is 1110. The molecule has 0 bridgehead atoms. The Hall–Kier alpha value is -3.69. The van der Waals surface area contributed by atoms with Crippen LogP contribution < -0.4 is 10.6 Å². The summed E-state index contributed by atoms with van der Waals surface area (Å²) in [6, 6.07) is 3.88. The number of anilines is 1. The maximum absolute atomic E-state index is 13.1. The van der Waals surface area contributed by atoms with Crippen LogP contribution in [0.25, 0.3) is 0 Å². The van der Waals surface area contributed by atoms with Crippen LogP contribution in [0.1, 0.15) is 33.6 Å². The molecule has 2 N–H and O–H groups in total. The van der Waals surface area contributed by atoms with Gasteiger partial charge in [-0.25, -0.2) is 4.79 Å². The molecule has 4 amide bonds. The van der Waals surface area contributed by atoms with Gasteiger partial charge in [-0.2, -0.15) is 0 Å². The summed E-state index contributed by atoms with van der Waals surface area (Å²) in [5, 5.41) is 5.30. The number of imide groups is 2. The molecule has 0 aromatic heterocycles. The van der Waals surface area contributed by atoms with E-state index in [1.54, 1.807) is 18.2 Å². The minimum Gasteiger partial charge on any atom is -0.460 e. The Labute approximate surface area is 243 Å². The number of benzene rings is 1. The van der Waals surface area contributed by atoms with Crippen molar-refractivity contribution >= 4 is 35.3 Å². The average molecular weight is 592 g/mol. The number of carbonyl (C=O) groups excluding carboxylic acids is 5. The Kier molecular flexibility index (Phi) is 14.0. The van der Waals surface area contributed by atoms with Gasteiger partial charge in [-0.15, -0.1) is 0 Å². The van der Waals surface area contributed by atoms with Crippen LogP contribution in [0.3, 0.4) is 0 Å². The van der Waals surface area contributed by atoms with Gasteiger partial charge in [0.05, 0.1) is 77.2 Å². The molecular formula is C28H37N3O11. The third-order valence-electron chi connectivity index (χ3n) is 6.16. The predicted octanol–water partition coefficient (Wildman–Crippen LogP) is 0.312. The van der Waals surface area contributed by atoms with E-state index in [1.807, 2.05) is 0 Å². The van der Waals surface area contributed by atoms with E-state index in [-0.39, 0.29) is 30.6 Å². The number of nitrogens with one attached hydrogen (secondary N) is 2. The van der Waals surface area contributed by atoms with E-state index in [0.29, 0.717) is 78.3 Å². The molecule has 0 spiro atoms. The monoisotopic (exact) mass is 591 g/mol. The normalized spacial score (nSPS) is 16.4. The van der Waals surface area contributed by atoms with Crippen LogP contribution in [0.15, 0.2) is 30.9 Å². The molecule has 1 atom stereocenters. The number of rotatable bonds is 21. The van der Waals surface area contributed by atoms with Gasteiger partial charge in [0.15, 0.2) is 0 Å². The Balaban J connectivity index is 1.18. The van der Waals surface area contributed by atoms with Crippen molar-refractivity contribution < 1.29 is 52.4 Å². The number of ether oxygens (including phenoxy) is 6. The highest BCUT2D eigenvalue weighted by atomic mass is 16.6. The summed E-state index contributed by atoms with van der Waals surface area (Å²) >= 11 is 0. The van der Waals surface area contributed by atoms with Crippen molar-refractivity contribution in [3.63, 3.8) is 0 Å². The Morgan fingerprint density at radius 3 is 2.00 bits per heavy atom. The van der Waals surface area contributed by atoms with Crippen LogP contribution >= 0.6 is 0 Å². The lowest BCUT2D eigenvalue weighted by atomic mass is 10.0. The number of esters is 1. The molecule has 1 unspecified atom stereocenters. The minimum atomic E-state index is -1.01. The molecule has 0 radical (unpaired) electrons. The van der Waals surface area contributed by atoms with E-state index in [2.05, 4.69) is 17.2 Å². The largest absolute Gasteiger partial charge is 0.460 e. The highest BCUT2D eigenvalue weighted by Gasteiger charge is 2.45. The van der Waals surface area contributed by atoms with Gasteiger partial charge in [0.2, 0.25) is 11.8 Å². The first-order valence-electron chi connectivity index (χ1n) is 13.7. The van der Waals surface area contributed by atoms with Gasteiger partial charge < -0.3 is 33.7 Å². The smallest absolute Gasteiger partial charge is 0.330 e. The van der Waals surface area contributed by atoms with Crippen molar-refractivity contribution in [2.75, 3.05) is 84.5 Å². The van der Waals surface area contributed by atoms with E-state index in [4.69, 9.17) is 28.4 Å². The standard InChI is InChI=1S/C28H37N3O11/c1-2-24(33)42-19-18-41-17-16-40-15-14-39-13-12-38-11-10-37-9-8-29-21-5-3-4-20-25(21)28(36)31(27(20)35)22-6-7-23(32)30-26(22)34/h2-5,22,29H,1,6-19H2,(H,30,32,34). The lowest BCUT2D eigenvalue weighted by Crippen LogP contribution is -2.54. The Morgan fingerprint density at radius 2 is 1.43 bits per heavy atom. The fourth-order valence-electron chi connectivity index (χ4n) is 4.16. The first kappa shape index (κ1) is 32.8. The highest BCUT2D eigenvalue weighted by Crippen LogP contribution is 2.32. The number of nitrogens with zero attached hydrogens (tertiary/aromatic N) is 1. The molecular weight excluding hydrogens is 554 g/mol. The van der Waals surface area contributed by atoms with Crippen molar-refractivity contribution in [2.45, 2.75) is 18.9 Å². The van der Waals surface area contributed by atoms with Gasteiger partial charge in [0, 0.05) is 24.7 Å². The van der Waals surface area contributed by atoms with Gasteiger partial charge in [-0.1, -0.05) is 12.6 Å². The molecule has 3 rings (SSSR count). The molecule has 14 nitrogen and oxygen atoms in total. The zero-order chi connectivity index (χ0) is 30.2. The summed E-state index contributed by atoms with van der Waals surface area (Å²) in [7, 11) is 0. The maximum Gasteiger partial charge on any atom is 0.330 e. The second kappa shape index (κ2) is 18.0. The molecule has 2 aliphatic rings. The molecule has 0 aliphatic carbocycles. The van der Waals surface area contributed by atoms with E-state index >= 15 is 0 Å². The van der Waals surface area contributed by atoms with Crippen LogP contribution in [0.2, 0.25) is 0 Å². The molecule has 230 valence electrons. The summed E-state index contributed by atoms with van der Waals surface area (Å²) in [5.41, 5.74) is 0.895. The topological polar surface area (TPSA) is 168 Å². The van der Waals surface area contributed by atoms with Crippen molar-refractivity contribution in [3.8, 4) is 0 Å². The number of hydrogen-bond donors (Lipinski definition) is 2. The average Bonchev–Trinajstić information content (AvgIpc) is 3.24. The van der Waals surface area contributed by atoms with E-state index < -0.39 is 35.6 Å². The summed E-state index contributed by atoms with van der Waals surface area (Å²) in [5.74, 6) is -2.66. The summed E-state index contributed by atoms with van der Waals surface area (Å²) in [6.07, 6.45) is 1.26. The molecule has 1 aromatic carbocycles. The lowest BCUT2D eigenvalue weighted by Gasteiger charge is -2.27. The molecule has 14 heteroatoms. The zero-order valence-corrected chi connectivity index (χ0v) is 23.4.